The summed E-state index contributed by atoms with van der Waals surface area (Å²) in [4.78, 5) is 2.40. The van der Waals surface area contributed by atoms with Gasteiger partial charge in [-0.15, -0.1) is 0 Å². The van der Waals surface area contributed by atoms with Crippen molar-refractivity contribution in [3.8, 4) is 44.5 Å². The minimum Gasteiger partial charge on any atom is -0.456 e. The summed E-state index contributed by atoms with van der Waals surface area (Å²) in [7, 11) is 0. The third-order valence-corrected chi connectivity index (χ3v) is 12.1. The van der Waals surface area contributed by atoms with Gasteiger partial charge in [0.2, 0.25) is 0 Å². The van der Waals surface area contributed by atoms with Crippen LogP contribution in [0.1, 0.15) is 0 Å². The Kier molecular flexibility index (Phi) is 8.17. The minimum absolute atomic E-state index is 0.851. The highest BCUT2D eigenvalue weighted by molar-refractivity contribution is 6.18. The number of furan rings is 2. The van der Waals surface area contributed by atoms with Gasteiger partial charge in [-0.1, -0.05) is 164 Å². The summed E-state index contributed by atoms with van der Waals surface area (Å²) in [6, 6.07) is 79.9. The van der Waals surface area contributed by atoms with Crippen LogP contribution in [-0.4, -0.2) is 0 Å². The Hall–Kier alpha value is -8.14. The van der Waals surface area contributed by atoms with E-state index in [1.807, 2.05) is 18.2 Å². The van der Waals surface area contributed by atoms with Crippen molar-refractivity contribution in [2.24, 2.45) is 0 Å². The van der Waals surface area contributed by atoms with Gasteiger partial charge in [-0.05, 0) is 105 Å². The van der Waals surface area contributed by atoms with Crippen LogP contribution in [0.15, 0.2) is 233 Å². The summed E-state index contributed by atoms with van der Waals surface area (Å²) in [5.74, 6) is 0. The predicted molar refractivity (Wildman–Crippen MR) is 255 cm³/mol. The Morgan fingerprint density at radius 2 is 0.836 bits per heavy atom. The number of hydrogen-bond donors (Lipinski definition) is 0. The highest BCUT2D eigenvalue weighted by Gasteiger charge is 2.23. The number of hydrogen-bond acceptors (Lipinski definition) is 3. The molecule has 0 aliphatic carbocycles. The van der Waals surface area contributed by atoms with Crippen LogP contribution in [0.2, 0.25) is 0 Å². The lowest BCUT2D eigenvalue weighted by atomic mass is 9.96. The molecule has 286 valence electrons. The molecule has 2 heterocycles. The Morgan fingerprint density at radius 1 is 0.295 bits per heavy atom. The Morgan fingerprint density at radius 3 is 1.62 bits per heavy atom. The maximum atomic E-state index is 6.90. The van der Waals surface area contributed by atoms with Crippen LogP contribution in [0.4, 0.5) is 17.1 Å². The van der Waals surface area contributed by atoms with Gasteiger partial charge in [0, 0.05) is 32.8 Å². The molecule has 61 heavy (non-hydrogen) atoms. The first-order valence-corrected chi connectivity index (χ1v) is 20.7. The maximum absolute atomic E-state index is 6.90. The van der Waals surface area contributed by atoms with Crippen LogP contribution in [0.25, 0.3) is 99.2 Å². The molecule has 3 heteroatoms. The molecule has 3 nitrogen and oxygen atoms in total. The van der Waals surface area contributed by atoms with E-state index in [4.69, 9.17) is 8.83 Å². The molecular weight excluding hydrogens is 743 g/mol. The SMILES string of the molecule is c1ccc(-c2ccc(-c3ccc(N(c4cccc5ccccc45)c4ccc(-c5cccc(-c6ccc7c(c6)oc6ccccc67)c5)c5oc6ccccc6c45)cc3)cc2)cc1. The van der Waals surface area contributed by atoms with Crippen LogP contribution >= 0.6 is 0 Å². The number of fused-ring (bicyclic) bond motifs is 7. The van der Waals surface area contributed by atoms with Crippen molar-refractivity contribution >= 4 is 71.7 Å². The number of para-hydroxylation sites is 2. The van der Waals surface area contributed by atoms with Crippen molar-refractivity contribution in [2.75, 3.05) is 4.90 Å². The third kappa shape index (κ3) is 5.98. The smallest absolute Gasteiger partial charge is 0.145 e. The van der Waals surface area contributed by atoms with Crippen LogP contribution in [0, 0.1) is 0 Å². The zero-order valence-corrected chi connectivity index (χ0v) is 33.1. The second kappa shape index (κ2) is 14.3. The van der Waals surface area contributed by atoms with E-state index in [1.165, 1.54) is 27.5 Å². The van der Waals surface area contributed by atoms with Gasteiger partial charge in [0.05, 0.1) is 16.8 Å². The average molecular weight is 780 g/mol. The molecule has 0 aliphatic rings. The van der Waals surface area contributed by atoms with Crippen molar-refractivity contribution < 1.29 is 8.83 Å². The van der Waals surface area contributed by atoms with Crippen molar-refractivity contribution in [3.63, 3.8) is 0 Å². The molecule has 2 aromatic heterocycles. The topological polar surface area (TPSA) is 29.5 Å². The van der Waals surface area contributed by atoms with Gasteiger partial charge >= 0.3 is 0 Å². The van der Waals surface area contributed by atoms with Crippen molar-refractivity contribution in [1.29, 1.82) is 0 Å². The minimum atomic E-state index is 0.851. The Bertz CT molecular complexity index is 3570. The summed E-state index contributed by atoms with van der Waals surface area (Å²) in [6.45, 7) is 0. The van der Waals surface area contributed by atoms with Gasteiger partial charge in [0.25, 0.3) is 0 Å². The van der Waals surface area contributed by atoms with Crippen molar-refractivity contribution in [3.05, 3.63) is 224 Å². The quantitative estimate of drug-likeness (QED) is 0.161. The fourth-order valence-corrected chi connectivity index (χ4v) is 9.10. The monoisotopic (exact) mass is 779 g/mol. The normalized spacial score (nSPS) is 11.6. The molecule has 0 fully saturated rings. The van der Waals surface area contributed by atoms with E-state index in [1.54, 1.807) is 0 Å². The fraction of sp³-hybridized carbons (Fsp3) is 0. The zero-order valence-electron chi connectivity index (χ0n) is 33.1. The average Bonchev–Trinajstić information content (AvgIpc) is 3.91. The molecular formula is C58H37NO2. The van der Waals surface area contributed by atoms with Gasteiger partial charge in [-0.3, -0.25) is 0 Å². The molecule has 10 aromatic carbocycles. The number of benzene rings is 10. The first kappa shape index (κ1) is 34.9. The van der Waals surface area contributed by atoms with E-state index in [-0.39, 0.29) is 0 Å². The van der Waals surface area contributed by atoms with E-state index in [9.17, 15) is 0 Å². The summed E-state index contributed by atoms with van der Waals surface area (Å²) in [5, 5.41) is 6.75. The molecule has 0 spiro atoms. The molecule has 0 saturated heterocycles. The largest absolute Gasteiger partial charge is 0.456 e. The highest BCUT2D eigenvalue weighted by atomic mass is 16.3. The lowest BCUT2D eigenvalue weighted by molar-refractivity contribution is 0.669. The molecule has 0 unspecified atom stereocenters. The standard InChI is InChI=1S/C58H37NO2/c1-2-12-38(13-3-1)39-24-26-40(27-25-39)41-28-31-46(32-29-41)59(52-21-11-15-42-14-4-5-18-47(42)52)53-35-34-48(58-57(53)51-20-7-9-23-55(51)61-58)45-17-10-16-43(36-45)44-30-33-50-49-19-6-8-22-54(49)60-56(50)37-44/h1-37H. The Balaban J connectivity index is 1.00. The number of nitrogens with zero attached hydrogens (tertiary/aromatic N) is 1. The molecule has 12 rings (SSSR count). The van der Waals surface area contributed by atoms with Crippen molar-refractivity contribution in [2.45, 2.75) is 0 Å². The van der Waals surface area contributed by atoms with Gasteiger partial charge < -0.3 is 13.7 Å². The summed E-state index contributed by atoms with van der Waals surface area (Å²) in [6.07, 6.45) is 0. The number of anilines is 3. The van der Waals surface area contributed by atoms with E-state index >= 15 is 0 Å². The lowest BCUT2D eigenvalue weighted by Gasteiger charge is -2.28. The molecule has 12 aromatic rings. The molecule has 0 bridgehead atoms. The zero-order chi connectivity index (χ0) is 40.3. The van der Waals surface area contributed by atoms with E-state index < -0.39 is 0 Å². The third-order valence-electron chi connectivity index (χ3n) is 12.1. The summed E-state index contributed by atoms with van der Waals surface area (Å²) in [5.41, 5.74) is 15.8. The van der Waals surface area contributed by atoms with E-state index in [0.29, 0.717) is 0 Å². The second-order valence-electron chi connectivity index (χ2n) is 15.6. The van der Waals surface area contributed by atoms with Gasteiger partial charge in [0.15, 0.2) is 0 Å². The molecule has 0 aliphatic heterocycles. The van der Waals surface area contributed by atoms with Crippen molar-refractivity contribution in [1.82, 2.24) is 0 Å². The van der Waals surface area contributed by atoms with E-state index in [2.05, 4.69) is 211 Å². The fourth-order valence-electron chi connectivity index (χ4n) is 9.10. The Labute approximate surface area is 353 Å². The molecule has 0 amide bonds. The van der Waals surface area contributed by atoms with Crippen LogP contribution in [-0.2, 0) is 0 Å². The summed E-state index contributed by atoms with van der Waals surface area (Å²) < 4.78 is 13.2. The van der Waals surface area contributed by atoms with Crippen LogP contribution in [0.3, 0.4) is 0 Å². The molecule has 0 radical (unpaired) electrons. The molecule has 0 saturated carbocycles. The van der Waals surface area contributed by atoms with Gasteiger partial charge in [-0.2, -0.15) is 0 Å². The van der Waals surface area contributed by atoms with Crippen LogP contribution < -0.4 is 4.90 Å². The molecule has 0 atom stereocenters. The number of rotatable bonds is 7. The van der Waals surface area contributed by atoms with Gasteiger partial charge in [0.1, 0.15) is 22.3 Å². The highest BCUT2D eigenvalue weighted by Crippen LogP contribution is 2.48. The van der Waals surface area contributed by atoms with E-state index in [0.717, 1.165) is 88.8 Å². The second-order valence-corrected chi connectivity index (χ2v) is 15.6. The maximum Gasteiger partial charge on any atom is 0.145 e. The predicted octanol–water partition coefficient (Wildman–Crippen LogP) is 16.8. The molecule has 0 N–H and O–H groups in total. The van der Waals surface area contributed by atoms with Gasteiger partial charge in [-0.25, -0.2) is 0 Å². The first-order valence-electron chi connectivity index (χ1n) is 20.7. The lowest BCUT2D eigenvalue weighted by Crippen LogP contribution is -2.11. The van der Waals surface area contributed by atoms with Crippen LogP contribution in [0.5, 0.6) is 0 Å². The summed E-state index contributed by atoms with van der Waals surface area (Å²) >= 11 is 0. The first-order chi connectivity index (χ1) is 30.2.